The fourth-order valence-electron chi connectivity index (χ4n) is 3.50. The molecule has 0 radical (unpaired) electrons. The number of hydrogen-bond donors (Lipinski definition) is 1. The summed E-state index contributed by atoms with van der Waals surface area (Å²) < 4.78 is 6.29. The molecule has 2 heterocycles. The van der Waals surface area contributed by atoms with Gasteiger partial charge in [-0.25, -0.2) is 0 Å². The molecule has 0 bridgehead atoms. The van der Waals surface area contributed by atoms with E-state index in [1.165, 1.54) is 28.0 Å². The third-order valence-electron chi connectivity index (χ3n) is 5.07. The molecule has 0 saturated carbocycles. The van der Waals surface area contributed by atoms with Crippen LogP contribution in [0.2, 0.25) is 0 Å². The average molecular weight is 353 g/mol. The van der Waals surface area contributed by atoms with Crippen LogP contribution >= 0.6 is 11.8 Å². The van der Waals surface area contributed by atoms with Crippen molar-refractivity contribution in [2.45, 2.75) is 32.5 Å². The Hall–Kier alpha value is -1.91. The Kier molecular flexibility index (Phi) is 4.48. The Morgan fingerprint density at radius 2 is 1.96 bits per heavy atom. The quantitative estimate of drug-likeness (QED) is 0.864. The highest BCUT2D eigenvalue weighted by molar-refractivity contribution is 7.98. The smallest absolute Gasteiger partial charge is 0.170 e. The highest BCUT2D eigenvalue weighted by Gasteiger charge is 2.38. The Morgan fingerprint density at radius 1 is 1.12 bits per heavy atom. The van der Waals surface area contributed by atoms with Gasteiger partial charge in [0.25, 0.3) is 0 Å². The highest BCUT2D eigenvalue weighted by Crippen LogP contribution is 2.42. The first kappa shape index (κ1) is 16.6. The number of para-hydroxylation sites is 1. The highest BCUT2D eigenvalue weighted by atomic mass is 32.2. The molecule has 0 unspecified atom stereocenters. The lowest BCUT2D eigenvalue weighted by molar-refractivity contribution is -0.0313. The van der Waals surface area contributed by atoms with E-state index in [1.807, 2.05) is 11.8 Å². The summed E-state index contributed by atoms with van der Waals surface area (Å²) in [6, 6.07) is 15.3. The van der Waals surface area contributed by atoms with E-state index in [4.69, 9.17) is 4.74 Å². The van der Waals surface area contributed by atoms with Crippen molar-refractivity contribution in [3.63, 3.8) is 0 Å². The molecule has 0 fully saturated rings. The van der Waals surface area contributed by atoms with E-state index >= 15 is 0 Å². The number of thioether (sulfide) groups is 1. The van der Waals surface area contributed by atoms with Crippen molar-refractivity contribution in [3.8, 4) is 5.75 Å². The minimum absolute atomic E-state index is 0.0487. The molecule has 2 aliphatic heterocycles. The van der Waals surface area contributed by atoms with Gasteiger partial charge in [-0.15, -0.1) is 0 Å². The van der Waals surface area contributed by atoms with Gasteiger partial charge in [-0.05, 0) is 60.8 Å². The van der Waals surface area contributed by atoms with Crippen LogP contribution in [0.3, 0.4) is 0 Å². The summed E-state index contributed by atoms with van der Waals surface area (Å²) in [5, 5.41) is 2.27. The average Bonchev–Trinajstić information content (AvgIpc) is 3.08. The zero-order valence-corrected chi connectivity index (χ0v) is 15.8. The molecule has 3 nitrogen and oxygen atoms in total. The second-order valence-corrected chi connectivity index (χ2v) is 7.72. The van der Waals surface area contributed by atoms with Gasteiger partial charge in [-0.1, -0.05) is 30.3 Å². The van der Waals surface area contributed by atoms with Gasteiger partial charge in [0.15, 0.2) is 6.23 Å². The summed E-state index contributed by atoms with van der Waals surface area (Å²) >= 11 is 1.86. The minimum Gasteiger partial charge on any atom is -0.473 e. The Labute approximate surface area is 154 Å². The standard InChI is InChI=1S/C21H24N2OS/c1-14-8-9-16(12-15(14)2)18-13-19-17-6-4-5-7-20(17)24-21(10-11-25-3)23(19)22-18/h4-9,12-13,19,21-22H,10-11H2,1-3H3/t19-,21+/m1/s1. The van der Waals surface area contributed by atoms with Crippen LogP contribution in [0.4, 0.5) is 0 Å². The molecule has 130 valence electrons. The van der Waals surface area contributed by atoms with Gasteiger partial charge < -0.3 is 10.2 Å². The van der Waals surface area contributed by atoms with Crippen LogP contribution in [0.15, 0.2) is 48.5 Å². The molecule has 0 amide bonds. The molecular weight excluding hydrogens is 328 g/mol. The fraction of sp³-hybridized carbons (Fsp3) is 0.333. The van der Waals surface area contributed by atoms with E-state index in [0.717, 1.165) is 17.9 Å². The molecule has 25 heavy (non-hydrogen) atoms. The monoisotopic (exact) mass is 352 g/mol. The number of ether oxygens (including phenoxy) is 1. The summed E-state index contributed by atoms with van der Waals surface area (Å²) in [6.07, 6.45) is 5.52. The number of hydrazine groups is 1. The molecule has 4 heteroatoms. The lowest BCUT2D eigenvalue weighted by atomic mass is 10.0. The number of rotatable bonds is 4. The minimum atomic E-state index is 0.0487. The van der Waals surface area contributed by atoms with Gasteiger partial charge in [0.1, 0.15) is 5.75 Å². The van der Waals surface area contributed by atoms with E-state index < -0.39 is 0 Å². The zero-order valence-electron chi connectivity index (χ0n) is 15.0. The van der Waals surface area contributed by atoms with Crippen molar-refractivity contribution in [2.75, 3.05) is 12.0 Å². The predicted octanol–water partition coefficient (Wildman–Crippen LogP) is 4.68. The normalized spacial score (nSPS) is 21.8. The first-order valence-corrected chi connectivity index (χ1v) is 10.2. The van der Waals surface area contributed by atoms with E-state index in [0.29, 0.717) is 0 Å². The lowest BCUT2D eigenvalue weighted by Crippen LogP contribution is -2.48. The maximum Gasteiger partial charge on any atom is 0.170 e. The number of fused-ring (bicyclic) bond motifs is 3. The molecule has 2 aromatic carbocycles. The van der Waals surface area contributed by atoms with Gasteiger partial charge >= 0.3 is 0 Å². The fourth-order valence-corrected chi connectivity index (χ4v) is 3.93. The van der Waals surface area contributed by atoms with Crippen LogP contribution < -0.4 is 10.2 Å². The van der Waals surface area contributed by atoms with Crippen molar-refractivity contribution >= 4 is 17.5 Å². The van der Waals surface area contributed by atoms with Gasteiger partial charge in [0.05, 0.1) is 11.7 Å². The third kappa shape index (κ3) is 3.05. The molecule has 2 aliphatic rings. The third-order valence-corrected chi connectivity index (χ3v) is 5.72. The topological polar surface area (TPSA) is 24.5 Å². The van der Waals surface area contributed by atoms with Crippen LogP contribution in [0.5, 0.6) is 5.75 Å². The van der Waals surface area contributed by atoms with E-state index in [1.54, 1.807) is 0 Å². The number of hydrogen-bond acceptors (Lipinski definition) is 4. The maximum absolute atomic E-state index is 6.29. The zero-order chi connectivity index (χ0) is 17.4. The molecule has 0 aromatic heterocycles. The summed E-state index contributed by atoms with van der Waals surface area (Å²) in [7, 11) is 0. The summed E-state index contributed by atoms with van der Waals surface area (Å²) in [4.78, 5) is 0. The molecular formula is C21H24N2OS. The maximum atomic E-state index is 6.29. The molecule has 1 N–H and O–H groups in total. The Bertz CT molecular complexity index is 817. The summed E-state index contributed by atoms with van der Waals surface area (Å²) in [5.74, 6) is 2.09. The number of nitrogens with one attached hydrogen (secondary N) is 1. The van der Waals surface area contributed by atoms with E-state index in [-0.39, 0.29) is 12.3 Å². The lowest BCUT2D eigenvalue weighted by Gasteiger charge is -2.38. The molecule has 0 aliphatic carbocycles. The second-order valence-electron chi connectivity index (χ2n) is 6.74. The van der Waals surface area contributed by atoms with Crippen LogP contribution in [-0.2, 0) is 0 Å². The van der Waals surface area contributed by atoms with Crippen molar-refractivity contribution in [1.29, 1.82) is 0 Å². The molecule has 2 atom stereocenters. The van der Waals surface area contributed by atoms with Crippen molar-refractivity contribution in [2.24, 2.45) is 0 Å². The van der Waals surface area contributed by atoms with Crippen LogP contribution in [0, 0.1) is 13.8 Å². The van der Waals surface area contributed by atoms with Crippen molar-refractivity contribution in [3.05, 3.63) is 70.8 Å². The molecule has 0 saturated heterocycles. The van der Waals surface area contributed by atoms with Crippen molar-refractivity contribution < 1.29 is 4.74 Å². The number of benzene rings is 2. The summed E-state index contributed by atoms with van der Waals surface area (Å²) in [5.41, 5.74) is 9.90. The SMILES string of the molecule is CSCC[C@@H]1Oc2ccccc2[C@H]2C=C(c3ccc(C)c(C)c3)NN12. The molecule has 2 aromatic rings. The van der Waals surface area contributed by atoms with Crippen LogP contribution in [0.25, 0.3) is 5.70 Å². The van der Waals surface area contributed by atoms with Crippen LogP contribution in [0.1, 0.15) is 34.7 Å². The number of nitrogens with zero attached hydrogens (tertiary/aromatic N) is 1. The largest absolute Gasteiger partial charge is 0.473 e. The Balaban J connectivity index is 1.70. The van der Waals surface area contributed by atoms with Crippen molar-refractivity contribution in [1.82, 2.24) is 10.4 Å². The predicted molar refractivity (Wildman–Crippen MR) is 105 cm³/mol. The van der Waals surface area contributed by atoms with E-state index in [9.17, 15) is 0 Å². The van der Waals surface area contributed by atoms with Gasteiger partial charge in [-0.2, -0.15) is 16.8 Å². The summed E-state index contributed by atoms with van der Waals surface area (Å²) in [6.45, 7) is 4.32. The second kappa shape index (κ2) is 6.77. The van der Waals surface area contributed by atoms with Gasteiger partial charge in [0.2, 0.25) is 0 Å². The molecule has 0 spiro atoms. The van der Waals surface area contributed by atoms with E-state index in [2.05, 4.69) is 79.1 Å². The molecule has 4 rings (SSSR count). The van der Waals surface area contributed by atoms with Crippen LogP contribution in [-0.4, -0.2) is 23.2 Å². The number of aryl methyl sites for hydroxylation is 2. The Morgan fingerprint density at radius 3 is 2.76 bits per heavy atom. The van der Waals surface area contributed by atoms with Gasteiger partial charge in [0, 0.05) is 12.0 Å². The first-order chi connectivity index (χ1) is 12.2. The van der Waals surface area contributed by atoms with Gasteiger partial charge in [-0.3, -0.25) is 0 Å². The first-order valence-electron chi connectivity index (χ1n) is 8.76.